The van der Waals surface area contributed by atoms with Crippen LogP contribution in [0.4, 0.5) is 0 Å². The minimum atomic E-state index is -0.537. The van der Waals surface area contributed by atoms with E-state index in [9.17, 15) is 9.59 Å². The van der Waals surface area contributed by atoms with Crippen LogP contribution in [0.1, 0.15) is 73.9 Å². The summed E-state index contributed by atoms with van der Waals surface area (Å²) in [5.41, 5.74) is 0.248. The molecule has 0 saturated heterocycles. The first kappa shape index (κ1) is 18.1. The van der Waals surface area contributed by atoms with E-state index < -0.39 is 11.9 Å². The van der Waals surface area contributed by atoms with Crippen LogP contribution >= 0.6 is 0 Å². The van der Waals surface area contributed by atoms with E-state index in [1.807, 2.05) is 6.92 Å². The quantitative estimate of drug-likeness (QED) is 0.513. The molecule has 0 aliphatic carbocycles. The van der Waals surface area contributed by atoms with Crippen molar-refractivity contribution in [2.24, 2.45) is 0 Å². The lowest BCUT2D eigenvalue weighted by atomic mass is 10.1. The maximum Gasteiger partial charge on any atom is 0.357 e. The number of aromatic nitrogens is 1. The van der Waals surface area contributed by atoms with Crippen molar-refractivity contribution in [1.29, 1.82) is 0 Å². The molecule has 0 bridgehead atoms. The van der Waals surface area contributed by atoms with Gasteiger partial charge in [-0.2, -0.15) is 0 Å². The summed E-state index contributed by atoms with van der Waals surface area (Å²) in [4.78, 5) is 27.7. The molecule has 1 aromatic heterocycles. The van der Waals surface area contributed by atoms with Gasteiger partial charge >= 0.3 is 11.9 Å². The fourth-order valence-electron chi connectivity index (χ4n) is 2.03. The van der Waals surface area contributed by atoms with Crippen molar-refractivity contribution in [1.82, 2.24) is 4.98 Å². The molecular formula is C17H25NO4. The Morgan fingerprint density at radius 2 is 1.77 bits per heavy atom. The number of ether oxygens (including phenoxy) is 2. The highest BCUT2D eigenvalue weighted by atomic mass is 16.5. The molecule has 0 saturated carbocycles. The van der Waals surface area contributed by atoms with Gasteiger partial charge in [0.2, 0.25) is 0 Å². The Bertz CT molecular complexity index is 487. The third-order valence-corrected chi connectivity index (χ3v) is 3.22. The largest absolute Gasteiger partial charge is 0.461 e. The van der Waals surface area contributed by atoms with Crippen LogP contribution in [-0.2, 0) is 9.47 Å². The third-order valence-electron chi connectivity index (χ3n) is 3.22. The highest BCUT2D eigenvalue weighted by Crippen LogP contribution is 2.10. The monoisotopic (exact) mass is 307 g/mol. The predicted molar refractivity (Wildman–Crippen MR) is 83.8 cm³/mol. The van der Waals surface area contributed by atoms with E-state index in [0.717, 1.165) is 19.3 Å². The molecule has 0 aliphatic rings. The smallest absolute Gasteiger partial charge is 0.357 e. The van der Waals surface area contributed by atoms with Crippen LogP contribution in [0.2, 0.25) is 0 Å². The first-order chi connectivity index (χ1) is 10.6. The van der Waals surface area contributed by atoms with Gasteiger partial charge in [-0.25, -0.2) is 14.6 Å². The summed E-state index contributed by atoms with van der Waals surface area (Å²) in [5, 5.41) is 0. The molecule has 5 nitrogen and oxygen atoms in total. The molecule has 1 rings (SSSR count). The topological polar surface area (TPSA) is 65.5 Å². The molecular weight excluding hydrogens is 282 g/mol. The Kier molecular flexibility index (Phi) is 8.18. The Balaban J connectivity index is 2.54. The van der Waals surface area contributed by atoms with Gasteiger partial charge in [0.25, 0.3) is 0 Å². The molecule has 122 valence electrons. The SMILES string of the molecule is CCCCCCC(C)OC(=O)c1cccc(C(=O)OCC)n1. The molecule has 0 amide bonds. The van der Waals surface area contributed by atoms with Crippen LogP contribution < -0.4 is 0 Å². The lowest BCUT2D eigenvalue weighted by molar-refractivity contribution is 0.0312. The Morgan fingerprint density at radius 1 is 1.09 bits per heavy atom. The zero-order chi connectivity index (χ0) is 16.4. The van der Waals surface area contributed by atoms with Gasteiger partial charge < -0.3 is 9.47 Å². The highest BCUT2D eigenvalue weighted by Gasteiger charge is 2.16. The maximum absolute atomic E-state index is 12.0. The van der Waals surface area contributed by atoms with Gasteiger partial charge in [0.15, 0.2) is 0 Å². The second kappa shape index (κ2) is 9.92. The molecule has 0 N–H and O–H groups in total. The number of hydrogen-bond acceptors (Lipinski definition) is 5. The molecule has 22 heavy (non-hydrogen) atoms. The maximum atomic E-state index is 12.0. The average Bonchev–Trinajstić information content (AvgIpc) is 2.52. The molecule has 1 aromatic rings. The van der Waals surface area contributed by atoms with E-state index >= 15 is 0 Å². The predicted octanol–water partition coefficient (Wildman–Crippen LogP) is 3.77. The van der Waals surface area contributed by atoms with Gasteiger partial charge in [0, 0.05) is 0 Å². The fourth-order valence-corrected chi connectivity index (χ4v) is 2.03. The van der Waals surface area contributed by atoms with E-state index in [1.165, 1.54) is 25.0 Å². The van der Waals surface area contributed by atoms with Gasteiger partial charge in [0.1, 0.15) is 11.4 Å². The standard InChI is InChI=1S/C17H25NO4/c1-4-6-7-8-10-13(3)22-17(20)15-12-9-11-14(18-15)16(19)21-5-2/h9,11-13H,4-8,10H2,1-3H3. The molecule has 0 fully saturated rings. The first-order valence-electron chi connectivity index (χ1n) is 7.93. The number of rotatable bonds is 9. The van der Waals surface area contributed by atoms with Crippen molar-refractivity contribution in [3.63, 3.8) is 0 Å². The Morgan fingerprint density at radius 3 is 2.41 bits per heavy atom. The molecule has 0 aliphatic heterocycles. The summed E-state index contributed by atoms with van der Waals surface area (Å²) in [6.07, 6.45) is 5.25. The number of hydrogen-bond donors (Lipinski definition) is 0. The van der Waals surface area contributed by atoms with Crippen LogP contribution in [0.15, 0.2) is 18.2 Å². The summed E-state index contributed by atoms with van der Waals surface area (Å²) in [6, 6.07) is 4.65. The van der Waals surface area contributed by atoms with Crippen molar-refractivity contribution in [3.05, 3.63) is 29.6 Å². The summed E-state index contributed by atoms with van der Waals surface area (Å²) in [7, 11) is 0. The van der Waals surface area contributed by atoms with Crippen LogP contribution in [0.25, 0.3) is 0 Å². The van der Waals surface area contributed by atoms with Gasteiger partial charge in [-0.15, -0.1) is 0 Å². The molecule has 1 unspecified atom stereocenters. The Labute approximate surface area is 132 Å². The highest BCUT2D eigenvalue weighted by molar-refractivity contribution is 5.91. The first-order valence-corrected chi connectivity index (χ1v) is 7.93. The summed E-state index contributed by atoms with van der Waals surface area (Å²) in [6.45, 7) is 6.02. The van der Waals surface area contributed by atoms with E-state index in [4.69, 9.17) is 9.47 Å². The van der Waals surface area contributed by atoms with E-state index in [0.29, 0.717) is 0 Å². The summed E-state index contributed by atoms with van der Waals surface area (Å²) >= 11 is 0. The van der Waals surface area contributed by atoms with Crippen LogP contribution in [0.5, 0.6) is 0 Å². The normalized spacial score (nSPS) is 11.8. The number of nitrogens with zero attached hydrogens (tertiary/aromatic N) is 1. The molecule has 5 heteroatoms. The lowest BCUT2D eigenvalue weighted by Crippen LogP contribution is -2.17. The van der Waals surface area contributed by atoms with Crippen LogP contribution in [0.3, 0.4) is 0 Å². The zero-order valence-corrected chi connectivity index (χ0v) is 13.6. The van der Waals surface area contributed by atoms with Gasteiger partial charge in [-0.1, -0.05) is 32.3 Å². The number of carbonyl (C=O) groups is 2. The van der Waals surface area contributed by atoms with Crippen molar-refractivity contribution in [2.75, 3.05) is 6.61 Å². The minimum Gasteiger partial charge on any atom is -0.461 e. The summed E-state index contributed by atoms with van der Waals surface area (Å²) in [5.74, 6) is -1.04. The van der Waals surface area contributed by atoms with Gasteiger partial charge in [-0.05, 0) is 38.8 Å². The van der Waals surface area contributed by atoms with Crippen molar-refractivity contribution < 1.29 is 19.1 Å². The number of esters is 2. The van der Waals surface area contributed by atoms with E-state index in [1.54, 1.807) is 13.0 Å². The molecule has 1 atom stereocenters. The van der Waals surface area contributed by atoms with Crippen molar-refractivity contribution >= 4 is 11.9 Å². The molecule has 1 heterocycles. The number of unbranched alkanes of at least 4 members (excludes halogenated alkanes) is 3. The van der Waals surface area contributed by atoms with E-state index in [-0.39, 0.29) is 24.1 Å². The summed E-state index contributed by atoms with van der Waals surface area (Å²) < 4.78 is 10.2. The van der Waals surface area contributed by atoms with Crippen LogP contribution in [0, 0.1) is 0 Å². The fraction of sp³-hybridized carbons (Fsp3) is 0.588. The third kappa shape index (κ3) is 6.24. The number of carbonyl (C=O) groups excluding carboxylic acids is 2. The van der Waals surface area contributed by atoms with Crippen molar-refractivity contribution in [2.45, 2.75) is 59.0 Å². The second-order valence-corrected chi connectivity index (χ2v) is 5.19. The van der Waals surface area contributed by atoms with Crippen molar-refractivity contribution in [3.8, 4) is 0 Å². The van der Waals surface area contributed by atoms with E-state index in [2.05, 4.69) is 11.9 Å². The molecule has 0 radical (unpaired) electrons. The van der Waals surface area contributed by atoms with Crippen LogP contribution in [-0.4, -0.2) is 29.6 Å². The van der Waals surface area contributed by atoms with Gasteiger partial charge in [-0.3, -0.25) is 0 Å². The number of pyridine rings is 1. The minimum absolute atomic E-state index is 0.117. The molecule has 0 aromatic carbocycles. The zero-order valence-electron chi connectivity index (χ0n) is 13.6. The average molecular weight is 307 g/mol. The lowest BCUT2D eigenvalue weighted by Gasteiger charge is -2.13. The Hall–Kier alpha value is -1.91. The molecule has 0 spiro atoms. The second-order valence-electron chi connectivity index (χ2n) is 5.19. The van der Waals surface area contributed by atoms with Gasteiger partial charge in [0.05, 0.1) is 12.7 Å².